The van der Waals surface area contributed by atoms with Crippen LogP contribution in [-0.4, -0.2) is 25.2 Å². The predicted octanol–water partition coefficient (Wildman–Crippen LogP) is 3.45. The summed E-state index contributed by atoms with van der Waals surface area (Å²) in [7, 11) is 0. The van der Waals surface area contributed by atoms with Gasteiger partial charge < -0.3 is 20.1 Å². The normalized spacial score (nSPS) is 16.9. The van der Waals surface area contributed by atoms with E-state index in [4.69, 9.17) is 9.47 Å². The van der Waals surface area contributed by atoms with E-state index in [9.17, 15) is 9.59 Å². The molecule has 0 spiro atoms. The van der Waals surface area contributed by atoms with Gasteiger partial charge in [-0.1, -0.05) is 38.5 Å². The summed E-state index contributed by atoms with van der Waals surface area (Å²) in [6.07, 6.45) is 2.61. The molecule has 0 saturated heterocycles. The number of rotatable bonds is 8. The fourth-order valence-corrected chi connectivity index (χ4v) is 2.65. The molecule has 0 fully saturated rings. The van der Waals surface area contributed by atoms with Crippen molar-refractivity contribution in [3.8, 4) is 5.75 Å². The van der Waals surface area contributed by atoms with Crippen molar-refractivity contribution in [3.05, 3.63) is 41.1 Å². The highest BCUT2D eigenvalue weighted by molar-refractivity contribution is 5.95. The number of para-hydroxylation sites is 1. The quantitative estimate of drug-likeness (QED) is 0.558. The van der Waals surface area contributed by atoms with Crippen LogP contribution in [0.15, 0.2) is 35.5 Å². The molecule has 1 heterocycles. The van der Waals surface area contributed by atoms with Crippen LogP contribution in [0.1, 0.15) is 51.6 Å². The maximum absolute atomic E-state index is 12.6. The molecular formula is C19H26N2O4. The molecule has 2 rings (SSSR count). The second kappa shape index (κ2) is 9.11. The van der Waals surface area contributed by atoms with Gasteiger partial charge in [-0.25, -0.2) is 9.59 Å². The zero-order valence-electron chi connectivity index (χ0n) is 15.1. The van der Waals surface area contributed by atoms with Gasteiger partial charge in [-0.05, 0) is 25.8 Å². The number of hydrogen-bond acceptors (Lipinski definition) is 4. The second-order valence-corrected chi connectivity index (χ2v) is 5.95. The monoisotopic (exact) mass is 346 g/mol. The van der Waals surface area contributed by atoms with Gasteiger partial charge in [0.05, 0.1) is 24.8 Å². The molecule has 1 aromatic rings. The van der Waals surface area contributed by atoms with Crippen molar-refractivity contribution in [1.82, 2.24) is 10.6 Å². The van der Waals surface area contributed by atoms with Crippen LogP contribution in [-0.2, 0) is 9.53 Å². The van der Waals surface area contributed by atoms with Gasteiger partial charge in [0.15, 0.2) is 0 Å². The standard InChI is InChI=1S/C19H26N2O4/c1-4-6-12-25-18(22)16-13(3)20-19(23)21-17(16)14-9-7-8-10-15(14)24-11-5-2/h7-10,17H,4-6,11-12H2,1-3H3,(H2,20,21,23). The van der Waals surface area contributed by atoms with E-state index in [1.165, 1.54) is 0 Å². The third-order valence-corrected chi connectivity index (χ3v) is 3.91. The molecular weight excluding hydrogens is 320 g/mol. The minimum Gasteiger partial charge on any atom is -0.493 e. The molecule has 1 aliphatic heterocycles. The van der Waals surface area contributed by atoms with E-state index in [-0.39, 0.29) is 6.03 Å². The molecule has 1 aromatic carbocycles. The molecule has 25 heavy (non-hydrogen) atoms. The zero-order valence-corrected chi connectivity index (χ0v) is 15.1. The third-order valence-electron chi connectivity index (χ3n) is 3.91. The topological polar surface area (TPSA) is 76.7 Å². The maximum Gasteiger partial charge on any atom is 0.338 e. The van der Waals surface area contributed by atoms with Crippen molar-refractivity contribution in [2.75, 3.05) is 13.2 Å². The Kier molecular flexibility index (Phi) is 6.86. The van der Waals surface area contributed by atoms with Gasteiger partial charge >= 0.3 is 12.0 Å². The number of benzene rings is 1. The Morgan fingerprint density at radius 1 is 1.16 bits per heavy atom. The van der Waals surface area contributed by atoms with Crippen LogP contribution in [0.5, 0.6) is 5.75 Å². The zero-order chi connectivity index (χ0) is 18.2. The summed E-state index contributed by atoms with van der Waals surface area (Å²) in [4.78, 5) is 24.5. The molecule has 2 amide bonds. The number of unbranched alkanes of at least 4 members (excludes halogenated alkanes) is 1. The van der Waals surface area contributed by atoms with E-state index in [1.807, 2.05) is 38.1 Å². The SMILES string of the molecule is CCCCOC(=O)C1=C(C)NC(=O)NC1c1ccccc1OCCC. The highest BCUT2D eigenvalue weighted by Gasteiger charge is 2.33. The average molecular weight is 346 g/mol. The Morgan fingerprint density at radius 3 is 2.64 bits per heavy atom. The number of carbonyl (C=O) groups is 2. The van der Waals surface area contributed by atoms with Gasteiger partial charge in [-0.2, -0.15) is 0 Å². The minimum absolute atomic E-state index is 0.349. The van der Waals surface area contributed by atoms with Crippen molar-refractivity contribution >= 4 is 12.0 Å². The van der Waals surface area contributed by atoms with Crippen LogP contribution in [0.4, 0.5) is 4.79 Å². The molecule has 6 heteroatoms. The van der Waals surface area contributed by atoms with E-state index < -0.39 is 12.0 Å². The number of ether oxygens (including phenoxy) is 2. The molecule has 136 valence electrons. The van der Waals surface area contributed by atoms with Gasteiger partial charge in [0.2, 0.25) is 0 Å². The summed E-state index contributed by atoms with van der Waals surface area (Å²) in [6.45, 7) is 6.69. The highest BCUT2D eigenvalue weighted by Crippen LogP contribution is 2.33. The molecule has 0 aromatic heterocycles. The molecule has 2 N–H and O–H groups in total. The maximum atomic E-state index is 12.6. The lowest BCUT2D eigenvalue weighted by Gasteiger charge is -2.29. The fourth-order valence-electron chi connectivity index (χ4n) is 2.65. The summed E-state index contributed by atoms with van der Waals surface area (Å²) in [5.41, 5.74) is 1.65. The third kappa shape index (κ3) is 4.75. The van der Waals surface area contributed by atoms with Crippen LogP contribution >= 0.6 is 0 Å². The molecule has 1 aliphatic rings. The number of allylic oxidation sites excluding steroid dienone is 1. The van der Waals surface area contributed by atoms with Crippen molar-refractivity contribution in [2.24, 2.45) is 0 Å². The first-order valence-electron chi connectivity index (χ1n) is 8.75. The van der Waals surface area contributed by atoms with E-state index in [1.54, 1.807) is 6.92 Å². The van der Waals surface area contributed by atoms with E-state index in [0.717, 1.165) is 24.8 Å². The van der Waals surface area contributed by atoms with Gasteiger partial charge in [0.25, 0.3) is 0 Å². The summed E-state index contributed by atoms with van der Waals surface area (Å²) in [6, 6.07) is 6.47. The van der Waals surface area contributed by atoms with E-state index in [2.05, 4.69) is 10.6 Å². The van der Waals surface area contributed by atoms with Crippen molar-refractivity contribution in [2.45, 2.75) is 46.1 Å². The van der Waals surface area contributed by atoms with Gasteiger partial charge in [-0.3, -0.25) is 0 Å². The molecule has 0 aliphatic carbocycles. The smallest absolute Gasteiger partial charge is 0.338 e. The lowest BCUT2D eigenvalue weighted by Crippen LogP contribution is -2.45. The molecule has 0 bridgehead atoms. The Hall–Kier alpha value is -2.50. The number of nitrogens with one attached hydrogen (secondary N) is 2. The van der Waals surface area contributed by atoms with E-state index in [0.29, 0.717) is 30.2 Å². The number of carbonyl (C=O) groups excluding carboxylic acids is 2. The van der Waals surface area contributed by atoms with Crippen LogP contribution in [0.25, 0.3) is 0 Å². The van der Waals surface area contributed by atoms with Crippen LogP contribution in [0, 0.1) is 0 Å². The van der Waals surface area contributed by atoms with Gasteiger partial charge in [-0.15, -0.1) is 0 Å². The molecule has 0 saturated carbocycles. The van der Waals surface area contributed by atoms with Crippen LogP contribution in [0.3, 0.4) is 0 Å². The Labute approximate surface area is 148 Å². The Morgan fingerprint density at radius 2 is 1.92 bits per heavy atom. The number of urea groups is 1. The van der Waals surface area contributed by atoms with E-state index >= 15 is 0 Å². The molecule has 1 atom stereocenters. The first-order chi connectivity index (χ1) is 12.1. The number of hydrogen-bond donors (Lipinski definition) is 2. The van der Waals surface area contributed by atoms with Crippen LogP contribution in [0.2, 0.25) is 0 Å². The fraction of sp³-hybridized carbons (Fsp3) is 0.474. The largest absolute Gasteiger partial charge is 0.493 e. The van der Waals surface area contributed by atoms with Gasteiger partial charge in [0.1, 0.15) is 5.75 Å². The summed E-state index contributed by atoms with van der Waals surface area (Å²) in [5, 5.41) is 5.46. The van der Waals surface area contributed by atoms with Crippen molar-refractivity contribution in [1.29, 1.82) is 0 Å². The van der Waals surface area contributed by atoms with Gasteiger partial charge in [0, 0.05) is 11.3 Å². The minimum atomic E-state index is -0.601. The first kappa shape index (κ1) is 18.8. The molecule has 0 radical (unpaired) electrons. The predicted molar refractivity (Wildman–Crippen MR) is 95.2 cm³/mol. The molecule has 6 nitrogen and oxygen atoms in total. The second-order valence-electron chi connectivity index (χ2n) is 5.95. The van der Waals surface area contributed by atoms with Crippen molar-refractivity contribution in [3.63, 3.8) is 0 Å². The molecule has 1 unspecified atom stereocenters. The lowest BCUT2D eigenvalue weighted by molar-refractivity contribution is -0.139. The Balaban J connectivity index is 2.34. The highest BCUT2D eigenvalue weighted by atomic mass is 16.5. The number of amides is 2. The lowest BCUT2D eigenvalue weighted by atomic mass is 9.95. The Bertz CT molecular complexity index is 655. The summed E-state index contributed by atoms with van der Waals surface area (Å²) < 4.78 is 11.2. The number of esters is 1. The first-order valence-corrected chi connectivity index (χ1v) is 8.75. The summed E-state index contributed by atoms with van der Waals surface area (Å²) >= 11 is 0. The summed E-state index contributed by atoms with van der Waals surface area (Å²) in [5.74, 6) is 0.233. The van der Waals surface area contributed by atoms with Crippen LogP contribution < -0.4 is 15.4 Å². The van der Waals surface area contributed by atoms with Crippen molar-refractivity contribution < 1.29 is 19.1 Å². The average Bonchev–Trinajstić information content (AvgIpc) is 2.59.